The van der Waals surface area contributed by atoms with Gasteiger partial charge < -0.3 is 4.74 Å². The van der Waals surface area contributed by atoms with E-state index >= 15 is 0 Å². The maximum Gasteiger partial charge on any atom is 0.263 e. The lowest BCUT2D eigenvalue weighted by Gasteiger charge is -2.07. The topological polar surface area (TPSA) is 55.0 Å². The van der Waals surface area contributed by atoms with Gasteiger partial charge in [0, 0.05) is 10.7 Å². The molecule has 0 amide bonds. The summed E-state index contributed by atoms with van der Waals surface area (Å²) in [5.74, 6) is 0.426. The van der Waals surface area contributed by atoms with Gasteiger partial charge in [0.2, 0.25) is 0 Å². The minimum Gasteiger partial charge on any atom is -0.497 e. The molecular formula is C13H8Br2N2O2. The molecule has 0 aliphatic carbocycles. The summed E-state index contributed by atoms with van der Waals surface area (Å²) in [6.07, 6.45) is 1.56. The van der Waals surface area contributed by atoms with Crippen LogP contribution in [-0.4, -0.2) is 17.6 Å². The molecule has 0 bridgehead atoms. The second kappa shape index (κ2) is 5.59. The lowest BCUT2D eigenvalue weighted by Crippen LogP contribution is -2.12. The number of carbonyl (C=O) groups excluding carboxylic acids is 1. The van der Waals surface area contributed by atoms with Crippen molar-refractivity contribution in [2.24, 2.45) is 0 Å². The van der Waals surface area contributed by atoms with Crippen LogP contribution in [0.3, 0.4) is 0 Å². The molecule has 0 radical (unpaired) electrons. The average Bonchev–Trinajstić information content (AvgIpc) is 2.78. The van der Waals surface area contributed by atoms with Crippen LogP contribution in [-0.2, 0) is 0 Å². The fourth-order valence-corrected chi connectivity index (χ4v) is 2.61. The van der Waals surface area contributed by atoms with Gasteiger partial charge in [-0.3, -0.25) is 9.36 Å². The highest BCUT2D eigenvalue weighted by molar-refractivity contribution is 9.10. The number of hydrogen-bond acceptors (Lipinski definition) is 3. The summed E-state index contributed by atoms with van der Waals surface area (Å²) in [5, 5.41) is 8.88. The molecule has 19 heavy (non-hydrogen) atoms. The van der Waals surface area contributed by atoms with Crippen molar-refractivity contribution in [2.45, 2.75) is 0 Å². The van der Waals surface area contributed by atoms with Crippen molar-refractivity contribution in [3.63, 3.8) is 0 Å². The Labute approximate surface area is 126 Å². The fourth-order valence-electron chi connectivity index (χ4n) is 1.58. The highest BCUT2D eigenvalue weighted by atomic mass is 79.9. The molecule has 0 unspecified atom stereocenters. The van der Waals surface area contributed by atoms with E-state index in [2.05, 4.69) is 31.9 Å². The first-order valence-corrected chi connectivity index (χ1v) is 6.82. The first-order chi connectivity index (χ1) is 9.08. The summed E-state index contributed by atoms with van der Waals surface area (Å²) in [7, 11) is 1.56. The number of nitrogens with zero attached hydrogens (tertiary/aromatic N) is 2. The molecule has 0 fully saturated rings. The van der Waals surface area contributed by atoms with Gasteiger partial charge in [-0.2, -0.15) is 5.26 Å². The Hall–Kier alpha value is -1.58. The summed E-state index contributed by atoms with van der Waals surface area (Å²) in [6, 6.07) is 8.68. The minimum absolute atomic E-state index is 0.233. The summed E-state index contributed by atoms with van der Waals surface area (Å²) >= 11 is 6.58. The summed E-state index contributed by atoms with van der Waals surface area (Å²) in [4.78, 5) is 12.4. The van der Waals surface area contributed by atoms with Gasteiger partial charge in [-0.25, -0.2) is 0 Å². The van der Waals surface area contributed by atoms with E-state index in [0.717, 1.165) is 0 Å². The molecule has 0 saturated heterocycles. The molecule has 2 rings (SSSR count). The van der Waals surface area contributed by atoms with Gasteiger partial charge in [0.15, 0.2) is 0 Å². The van der Waals surface area contributed by atoms with E-state index in [1.807, 2.05) is 6.07 Å². The van der Waals surface area contributed by atoms with E-state index in [-0.39, 0.29) is 5.91 Å². The standard InChI is InChI=1S/C13H8Br2N2O2/c1-19-9-2-3-10(11(14)6-9)13(18)17-5-4-8(7-16)12(17)15/h2-6H,1H3. The van der Waals surface area contributed by atoms with Crippen molar-refractivity contribution < 1.29 is 9.53 Å². The minimum atomic E-state index is -0.233. The summed E-state index contributed by atoms with van der Waals surface area (Å²) in [5.41, 5.74) is 0.902. The van der Waals surface area contributed by atoms with E-state index in [9.17, 15) is 4.79 Å². The van der Waals surface area contributed by atoms with Crippen molar-refractivity contribution in [3.05, 3.63) is 50.7 Å². The largest absolute Gasteiger partial charge is 0.497 e. The van der Waals surface area contributed by atoms with Crippen LogP contribution in [0.15, 0.2) is 39.5 Å². The molecule has 4 nitrogen and oxygen atoms in total. The number of hydrogen-bond donors (Lipinski definition) is 0. The Bertz CT molecular complexity index is 686. The van der Waals surface area contributed by atoms with Gasteiger partial charge in [-0.05, 0) is 56.1 Å². The van der Waals surface area contributed by atoms with Crippen LogP contribution in [0.2, 0.25) is 0 Å². The quantitative estimate of drug-likeness (QED) is 0.796. The number of methoxy groups -OCH3 is 1. The Balaban J connectivity index is 2.45. The summed E-state index contributed by atoms with van der Waals surface area (Å²) < 4.78 is 7.54. The van der Waals surface area contributed by atoms with Crippen LogP contribution in [0.4, 0.5) is 0 Å². The zero-order chi connectivity index (χ0) is 14.0. The van der Waals surface area contributed by atoms with Gasteiger partial charge in [0.25, 0.3) is 5.91 Å². The van der Waals surface area contributed by atoms with Gasteiger partial charge in [-0.1, -0.05) is 0 Å². The van der Waals surface area contributed by atoms with Gasteiger partial charge in [0.05, 0.1) is 18.2 Å². The van der Waals surface area contributed by atoms with E-state index < -0.39 is 0 Å². The van der Waals surface area contributed by atoms with Gasteiger partial charge in [0.1, 0.15) is 16.4 Å². The first kappa shape index (κ1) is 13.8. The lowest BCUT2D eigenvalue weighted by atomic mass is 10.2. The zero-order valence-corrected chi connectivity index (χ0v) is 13.0. The number of carbonyl (C=O) groups is 1. The maximum atomic E-state index is 12.4. The smallest absolute Gasteiger partial charge is 0.263 e. The number of rotatable bonds is 2. The number of ether oxygens (including phenoxy) is 1. The monoisotopic (exact) mass is 382 g/mol. The number of aromatic nitrogens is 1. The van der Waals surface area contributed by atoms with Crippen molar-refractivity contribution in [1.29, 1.82) is 5.26 Å². The molecule has 0 saturated carbocycles. The molecule has 1 aromatic heterocycles. The van der Waals surface area contributed by atoms with Crippen LogP contribution in [0.5, 0.6) is 5.75 Å². The van der Waals surface area contributed by atoms with Crippen LogP contribution >= 0.6 is 31.9 Å². The average molecular weight is 384 g/mol. The maximum absolute atomic E-state index is 12.4. The molecule has 2 aromatic rings. The first-order valence-electron chi connectivity index (χ1n) is 5.23. The Morgan fingerprint density at radius 1 is 1.37 bits per heavy atom. The van der Waals surface area contributed by atoms with Crippen LogP contribution in [0, 0.1) is 11.3 Å². The molecule has 1 heterocycles. The third-order valence-electron chi connectivity index (χ3n) is 2.57. The van der Waals surface area contributed by atoms with Gasteiger partial charge >= 0.3 is 0 Å². The molecule has 6 heteroatoms. The van der Waals surface area contributed by atoms with Crippen molar-refractivity contribution >= 4 is 37.8 Å². The van der Waals surface area contributed by atoms with E-state index in [1.165, 1.54) is 4.57 Å². The Morgan fingerprint density at radius 2 is 2.11 bits per heavy atom. The van der Waals surface area contributed by atoms with Crippen LogP contribution < -0.4 is 4.74 Å². The molecule has 1 aromatic carbocycles. The molecule has 0 atom stereocenters. The SMILES string of the molecule is COc1ccc(C(=O)n2ccc(C#N)c2Br)c(Br)c1. The molecule has 0 aliphatic heterocycles. The van der Waals surface area contributed by atoms with Crippen LogP contribution in [0.25, 0.3) is 0 Å². The van der Waals surface area contributed by atoms with Crippen molar-refractivity contribution in [3.8, 4) is 11.8 Å². The highest BCUT2D eigenvalue weighted by Crippen LogP contribution is 2.26. The predicted molar refractivity (Wildman–Crippen MR) is 77.3 cm³/mol. The second-order valence-electron chi connectivity index (χ2n) is 3.65. The van der Waals surface area contributed by atoms with E-state index in [1.54, 1.807) is 37.6 Å². The third-order valence-corrected chi connectivity index (χ3v) is 4.04. The van der Waals surface area contributed by atoms with Crippen LogP contribution in [0.1, 0.15) is 15.9 Å². The predicted octanol–water partition coefficient (Wildman–Crippen LogP) is 3.58. The second-order valence-corrected chi connectivity index (χ2v) is 5.26. The Kier molecular flexibility index (Phi) is 4.08. The molecule has 96 valence electrons. The third kappa shape index (κ3) is 2.57. The molecular weight excluding hydrogens is 376 g/mol. The summed E-state index contributed by atoms with van der Waals surface area (Å²) in [6.45, 7) is 0. The lowest BCUT2D eigenvalue weighted by molar-refractivity contribution is 0.0957. The Morgan fingerprint density at radius 3 is 2.63 bits per heavy atom. The van der Waals surface area contributed by atoms with E-state index in [0.29, 0.717) is 26.0 Å². The number of halogens is 2. The van der Waals surface area contributed by atoms with Crippen molar-refractivity contribution in [2.75, 3.05) is 7.11 Å². The van der Waals surface area contributed by atoms with Crippen molar-refractivity contribution in [1.82, 2.24) is 4.57 Å². The zero-order valence-electron chi connectivity index (χ0n) is 9.85. The highest BCUT2D eigenvalue weighted by Gasteiger charge is 2.17. The molecule has 0 N–H and O–H groups in total. The van der Waals surface area contributed by atoms with Gasteiger partial charge in [-0.15, -0.1) is 0 Å². The molecule has 0 spiro atoms. The number of benzene rings is 1. The van der Waals surface area contributed by atoms with E-state index in [4.69, 9.17) is 10.00 Å². The fraction of sp³-hybridized carbons (Fsp3) is 0.0769. The molecule has 0 aliphatic rings. The number of nitriles is 1. The normalized spacial score (nSPS) is 10.0.